The maximum absolute atomic E-state index is 11.3. The first kappa shape index (κ1) is 13.9. The number of carbonyl (C=O) groups is 1. The Kier molecular flexibility index (Phi) is 4.47. The van der Waals surface area contributed by atoms with E-state index in [-0.39, 0.29) is 5.91 Å². The van der Waals surface area contributed by atoms with Crippen molar-refractivity contribution in [1.82, 2.24) is 15.3 Å². The van der Waals surface area contributed by atoms with E-state index < -0.39 is 0 Å². The second-order valence-electron chi connectivity index (χ2n) is 4.62. The standard InChI is InChI=1S/C14H19N3OS/c1-9-4-5-11-14(10(9)2)17-12(16-11)6-7-15-13(18)8-19-3/h4-5H,6-8H2,1-3H3,(H,15,18)(H,16,17). The molecular formula is C14H19N3OS. The zero-order valence-electron chi connectivity index (χ0n) is 11.5. The van der Waals surface area contributed by atoms with E-state index in [1.54, 1.807) is 0 Å². The number of hydrogen-bond acceptors (Lipinski definition) is 3. The number of H-pyrrole nitrogens is 1. The maximum atomic E-state index is 11.3. The molecule has 1 aromatic carbocycles. The molecule has 0 aliphatic heterocycles. The Morgan fingerprint density at radius 1 is 1.42 bits per heavy atom. The normalized spacial score (nSPS) is 10.9. The molecule has 2 rings (SSSR count). The van der Waals surface area contributed by atoms with Gasteiger partial charge in [0, 0.05) is 13.0 Å². The molecular weight excluding hydrogens is 258 g/mol. The third kappa shape index (κ3) is 3.29. The SMILES string of the molecule is CSCC(=O)NCCc1nc2c(C)c(C)ccc2[nH]1. The number of hydrogen-bond donors (Lipinski definition) is 2. The van der Waals surface area contributed by atoms with Crippen LogP contribution < -0.4 is 5.32 Å². The molecule has 0 aliphatic carbocycles. The van der Waals surface area contributed by atoms with Crippen molar-refractivity contribution in [2.75, 3.05) is 18.6 Å². The number of aryl methyl sites for hydroxylation is 2. The number of benzene rings is 1. The van der Waals surface area contributed by atoms with Crippen LogP contribution in [0.4, 0.5) is 0 Å². The lowest BCUT2D eigenvalue weighted by Crippen LogP contribution is -2.27. The molecule has 1 amide bonds. The smallest absolute Gasteiger partial charge is 0.229 e. The van der Waals surface area contributed by atoms with E-state index in [1.807, 2.05) is 6.26 Å². The van der Waals surface area contributed by atoms with Crippen LogP contribution in [0.1, 0.15) is 17.0 Å². The summed E-state index contributed by atoms with van der Waals surface area (Å²) in [5, 5.41) is 2.88. The second-order valence-corrected chi connectivity index (χ2v) is 5.49. The Balaban J connectivity index is 2.02. The van der Waals surface area contributed by atoms with Crippen LogP contribution in [0.15, 0.2) is 12.1 Å². The van der Waals surface area contributed by atoms with Crippen molar-refractivity contribution in [3.05, 3.63) is 29.1 Å². The second kappa shape index (κ2) is 6.10. The average molecular weight is 277 g/mol. The number of thioether (sulfide) groups is 1. The minimum atomic E-state index is 0.0793. The van der Waals surface area contributed by atoms with Crippen molar-refractivity contribution in [1.29, 1.82) is 0 Å². The first-order chi connectivity index (χ1) is 9.11. The number of aromatic amines is 1. The number of rotatable bonds is 5. The Labute approximate surface area is 117 Å². The van der Waals surface area contributed by atoms with Gasteiger partial charge in [-0.2, -0.15) is 11.8 Å². The molecule has 19 heavy (non-hydrogen) atoms. The highest BCUT2D eigenvalue weighted by Gasteiger charge is 2.07. The van der Waals surface area contributed by atoms with Gasteiger partial charge in [-0.05, 0) is 37.3 Å². The summed E-state index contributed by atoms with van der Waals surface area (Å²) < 4.78 is 0. The Hall–Kier alpha value is -1.49. The summed E-state index contributed by atoms with van der Waals surface area (Å²) in [5.41, 5.74) is 4.56. The van der Waals surface area contributed by atoms with Gasteiger partial charge in [-0.25, -0.2) is 4.98 Å². The van der Waals surface area contributed by atoms with Gasteiger partial charge in [0.25, 0.3) is 0 Å². The van der Waals surface area contributed by atoms with E-state index in [4.69, 9.17) is 0 Å². The lowest BCUT2D eigenvalue weighted by Gasteiger charge is -2.01. The molecule has 5 heteroatoms. The zero-order valence-corrected chi connectivity index (χ0v) is 12.4. The molecule has 102 valence electrons. The number of imidazole rings is 1. The van der Waals surface area contributed by atoms with Gasteiger partial charge >= 0.3 is 0 Å². The number of amides is 1. The predicted octanol–water partition coefficient (Wildman–Crippen LogP) is 2.20. The quantitative estimate of drug-likeness (QED) is 0.881. The number of nitrogens with one attached hydrogen (secondary N) is 2. The summed E-state index contributed by atoms with van der Waals surface area (Å²) in [5.74, 6) is 1.52. The van der Waals surface area contributed by atoms with E-state index in [0.29, 0.717) is 12.3 Å². The van der Waals surface area contributed by atoms with Crippen LogP contribution in [0, 0.1) is 13.8 Å². The van der Waals surface area contributed by atoms with Crippen LogP contribution in [0.2, 0.25) is 0 Å². The molecule has 2 N–H and O–H groups in total. The number of aromatic nitrogens is 2. The van der Waals surface area contributed by atoms with E-state index in [0.717, 1.165) is 23.3 Å². The van der Waals surface area contributed by atoms with Crippen molar-refractivity contribution in [2.24, 2.45) is 0 Å². The van der Waals surface area contributed by atoms with Gasteiger partial charge in [0.1, 0.15) is 5.82 Å². The molecule has 0 bridgehead atoms. The number of nitrogens with zero attached hydrogens (tertiary/aromatic N) is 1. The first-order valence-electron chi connectivity index (χ1n) is 6.32. The summed E-state index contributed by atoms with van der Waals surface area (Å²) in [6, 6.07) is 4.15. The molecule has 0 unspecified atom stereocenters. The van der Waals surface area contributed by atoms with Crippen LogP contribution in [0.5, 0.6) is 0 Å². The highest BCUT2D eigenvalue weighted by molar-refractivity contribution is 7.99. The van der Waals surface area contributed by atoms with Crippen molar-refractivity contribution < 1.29 is 4.79 Å². The fraction of sp³-hybridized carbons (Fsp3) is 0.429. The topological polar surface area (TPSA) is 57.8 Å². The highest BCUT2D eigenvalue weighted by Crippen LogP contribution is 2.19. The molecule has 0 saturated heterocycles. The molecule has 1 aromatic heterocycles. The van der Waals surface area contributed by atoms with Crippen molar-refractivity contribution in [3.63, 3.8) is 0 Å². The number of carbonyl (C=O) groups excluding carboxylic acids is 1. The van der Waals surface area contributed by atoms with E-state index in [1.165, 1.54) is 22.9 Å². The summed E-state index contributed by atoms with van der Waals surface area (Å²) in [6.45, 7) is 4.80. The molecule has 0 atom stereocenters. The Morgan fingerprint density at radius 3 is 2.95 bits per heavy atom. The molecule has 0 radical (unpaired) electrons. The van der Waals surface area contributed by atoms with Gasteiger partial charge in [0.05, 0.1) is 16.8 Å². The van der Waals surface area contributed by atoms with Gasteiger partial charge < -0.3 is 10.3 Å². The fourth-order valence-corrected chi connectivity index (χ4v) is 2.35. The summed E-state index contributed by atoms with van der Waals surface area (Å²) >= 11 is 1.53. The van der Waals surface area contributed by atoms with Gasteiger partial charge in [0.2, 0.25) is 5.91 Å². The summed E-state index contributed by atoms with van der Waals surface area (Å²) in [7, 11) is 0. The van der Waals surface area contributed by atoms with E-state index in [9.17, 15) is 4.79 Å². The predicted molar refractivity (Wildman–Crippen MR) is 80.7 cm³/mol. The summed E-state index contributed by atoms with van der Waals surface area (Å²) in [6.07, 6.45) is 2.65. The Bertz CT molecular complexity index is 592. The van der Waals surface area contributed by atoms with Crippen molar-refractivity contribution in [2.45, 2.75) is 20.3 Å². The third-order valence-electron chi connectivity index (χ3n) is 3.19. The molecule has 0 fully saturated rings. The van der Waals surface area contributed by atoms with Gasteiger partial charge in [-0.1, -0.05) is 6.07 Å². The van der Waals surface area contributed by atoms with Gasteiger partial charge in [0.15, 0.2) is 0 Å². The molecule has 1 heterocycles. The molecule has 4 nitrogen and oxygen atoms in total. The third-order valence-corrected chi connectivity index (χ3v) is 3.74. The first-order valence-corrected chi connectivity index (χ1v) is 7.71. The molecule has 2 aromatic rings. The van der Waals surface area contributed by atoms with Gasteiger partial charge in [-0.15, -0.1) is 0 Å². The van der Waals surface area contributed by atoms with Gasteiger partial charge in [-0.3, -0.25) is 4.79 Å². The minimum absolute atomic E-state index is 0.0793. The monoisotopic (exact) mass is 277 g/mol. The van der Waals surface area contributed by atoms with E-state index in [2.05, 4.69) is 41.3 Å². The van der Waals surface area contributed by atoms with Crippen molar-refractivity contribution in [3.8, 4) is 0 Å². The lowest BCUT2D eigenvalue weighted by atomic mass is 10.1. The molecule has 0 spiro atoms. The Morgan fingerprint density at radius 2 is 2.21 bits per heavy atom. The average Bonchev–Trinajstić information content (AvgIpc) is 2.78. The highest BCUT2D eigenvalue weighted by atomic mass is 32.2. The summed E-state index contributed by atoms with van der Waals surface area (Å²) in [4.78, 5) is 19.2. The minimum Gasteiger partial charge on any atom is -0.355 e. The van der Waals surface area contributed by atoms with Crippen LogP contribution >= 0.6 is 11.8 Å². The molecule has 0 saturated carbocycles. The van der Waals surface area contributed by atoms with E-state index >= 15 is 0 Å². The lowest BCUT2D eigenvalue weighted by molar-refractivity contribution is -0.118. The maximum Gasteiger partial charge on any atom is 0.229 e. The zero-order chi connectivity index (χ0) is 13.8. The van der Waals surface area contributed by atoms with Crippen LogP contribution in [0.25, 0.3) is 11.0 Å². The van der Waals surface area contributed by atoms with Crippen molar-refractivity contribution >= 4 is 28.7 Å². The van der Waals surface area contributed by atoms with Crippen LogP contribution in [-0.4, -0.2) is 34.4 Å². The van der Waals surface area contributed by atoms with Crippen LogP contribution in [-0.2, 0) is 11.2 Å². The van der Waals surface area contributed by atoms with Crippen LogP contribution in [0.3, 0.4) is 0 Å². The fourth-order valence-electron chi connectivity index (χ4n) is 1.99. The largest absolute Gasteiger partial charge is 0.355 e. The molecule has 0 aliphatic rings. The number of fused-ring (bicyclic) bond motifs is 1.